The van der Waals surface area contributed by atoms with Gasteiger partial charge in [-0.3, -0.25) is 0 Å². The third kappa shape index (κ3) is 2.91. The van der Waals surface area contributed by atoms with Crippen molar-refractivity contribution in [1.29, 1.82) is 0 Å². The minimum atomic E-state index is -0.156. The fourth-order valence-corrected chi connectivity index (χ4v) is 3.08. The number of benzene rings is 2. The molecule has 0 unspecified atom stereocenters. The molecule has 2 aromatic carbocycles. The van der Waals surface area contributed by atoms with Gasteiger partial charge in [-0.2, -0.15) is 0 Å². The van der Waals surface area contributed by atoms with Crippen molar-refractivity contribution in [3.05, 3.63) is 63.5 Å². The van der Waals surface area contributed by atoms with Crippen LogP contribution in [0.25, 0.3) is 0 Å². The summed E-state index contributed by atoms with van der Waals surface area (Å²) in [5.74, 6) is 0.413. The Hall–Kier alpha value is -1.10. The Morgan fingerprint density at radius 3 is 2.37 bits per heavy atom. The third-order valence-electron chi connectivity index (χ3n) is 3.71. The van der Waals surface area contributed by atoms with Crippen molar-refractivity contribution in [3.8, 4) is 0 Å². The molecule has 2 aromatic rings. The summed E-state index contributed by atoms with van der Waals surface area (Å²) in [6.45, 7) is 0. The lowest BCUT2D eigenvalue weighted by Gasteiger charge is -2.37. The van der Waals surface area contributed by atoms with E-state index in [-0.39, 0.29) is 5.82 Å². The number of nitrogens with one attached hydrogen (secondary N) is 1. The second kappa shape index (κ2) is 5.49. The Labute approximate surface area is 126 Å². The zero-order valence-electron chi connectivity index (χ0n) is 10.4. The van der Waals surface area contributed by atoms with Crippen molar-refractivity contribution >= 4 is 28.3 Å². The minimum absolute atomic E-state index is 0.156. The van der Waals surface area contributed by atoms with Crippen molar-refractivity contribution in [2.75, 3.05) is 5.32 Å². The normalized spacial score (nSPS) is 21.8. The summed E-state index contributed by atoms with van der Waals surface area (Å²) in [5.41, 5.74) is 2.47. The van der Waals surface area contributed by atoms with Crippen LogP contribution in [0, 0.1) is 9.39 Å². The first-order chi connectivity index (χ1) is 9.22. The highest BCUT2D eigenvalue weighted by Crippen LogP contribution is 2.38. The lowest BCUT2D eigenvalue weighted by molar-refractivity contribution is 0.374. The van der Waals surface area contributed by atoms with Gasteiger partial charge in [-0.05, 0) is 71.2 Å². The van der Waals surface area contributed by atoms with Crippen LogP contribution in [0.2, 0.25) is 0 Å². The largest absolute Gasteiger partial charge is 0.381 e. The van der Waals surface area contributed by atoms with Crippen LogP contribution in [0.3, 0.4) is 0 Å². The molecule has 0 bridgehead atoms. The lowest BCUT2D eigenvalue weighted by Crippen LogP contribution is -2.34. The molecule has 3 heteroatoms. The molecule has 1 fully saturated rings. The zero-order chi connectivity index (χ0) is 13.2. The maximum Gasteiger partial charge on any atom is 0.123 e. The van der Waals surface area contributed by atoms with E-state index < -0.39 is 0 Å². The molecule has 1 N–H and O–H groups in total. The molecule has 0 amide bonds. The first-order valence-corrected chi connectivity index (χ1v) is 7.57. The zero-order valence-corrected chi connectivity index (χ0v) is 12.6. The number of hydrogen-bond acceptors (Lipinski definition) is 1. The van der Waals surface area contributed by atoms with Gasteiger partial charge in [0.2, 0.25) is 0 Å². The number of para-hydroxylation sites is 1. The fraction of sp³-hybridized carbons (Fsp3) is 0.250. The van der Waals surface area contributed by atoms with Crippen LogP contribution in [0.5, 0.6) is 0 Å². The molecular weight excluding hydrogens is 352 g/mol. The van der Waals surface area contributed by atoms with Crippen molar-refractivity contribution in [3.63, 3.8) is 0 Å². The van der Waals surface area contributed by atoms with Crippen LogP contribution in [0.4, 0.5) is 10.1 Å². The minimum Gasteiger partial charge on any atom is -0.381 e. The van der Waals surface area contributed by atoms with Crippen LogP contribution in [0.1, 0.15) is 24.3 Å². The maximum absolute atomic E-state index is 12.9. The first-order valence-electron chi connectivity index (χ1n) is 6.49. The molecule has 0 aliphatic heterocycles. The highest BCUT2D eigenvalue weighted by molar-refractivity contribution is 14.1. The molecule has 0 saturated heterocycles. The second-order valence-electron chi connectivity index (χ2n) is 5.04. The van der Waals surface area contributed by atoms with Crippen LogP contribution in [-0.4, -0.2) is 6.04 Å². The van der Waals surface area contributed by atoms with Gasteiger partial charge in [0.25, 0.3) is 0 Å². The molecule has 0 heterocycles. The summed E-state index contributed by atoms with van der Waals surface area (Å²) >= 11 is 2.35. The monoisotopic (exact) mass is 367 g/mol. The summed E-state index contributed by atoms with van der Waals surface area (Å²) in [6.07, 6.45) is 2.24. The van der Waals surface area contributed by atoms with E-state index >= 15 is 0 Å². The number of rotatable bonds is 3. The van der Waals surface area contributed by atoms with Crippen LogP contribution in [0.15, 0.2) is 48.5 Å². The van der Waals surface area contributed by atoms with Crippen LogP contribution < -0.4 is 5.32 Å². The molecule has 1 aliphatic rings. The number of halogens is 2. The van der Waals surface area contributed by atoms with E-state index in [1.165, 1.54) is 14.8 Å². The molecule has 3 rings (SSSR count). The van der Waals surface area contributed by atoms with Crippen molar-refractivity contribution in [2.45, 2.75) is 24.8 Å². The predicted molar refractivity (Wildman–Crippen MR) is 84.9 cm³/mol. The van der Waals surface area contributed by atoms with E-state index in [9.17, 15) is 4.39 Å². The number of anilines is 1. The first kappa shape index (κ1) is 12.9. The van der Waals surface area contributed by atoms with Crippen LogP contribution in [-0.2, 0) is 0 Å². The highest BCUT2D eigenvalue weighted by atomic mass is 127. The fourth-order valence-electron chi connectivity index (χ4n) is 2.54. The van der Waals surface area contributed by atoms with E-state index in [0.717, 1.165) is 12.8 Å². The van der Waals surface area contributed by atoms with Crippen molar-refractivity contribution in [2.24, 2.45) is 0 Å². The van der Waals surface area contributed by atoms with Gasteiger partial charge >= 0.3 is 0 Å². The Kier molecular flexibility index (Phi) is 3.73. The molecule has 1 nitrogen and oxygen atoms in total. The van der Waals surface area contributed by atoms with Gasteiger partial charge in [0.15, 0.2) is 0 Å². The molecule has 98 valence electrons. The molecule has 0 atom stereocenters. The van der Waals surface area contributed by atoms with Gasteiger partial charge in [-0.25, -0.2) is 4.39 Å². The Balaban J connectivity index is 1.58. The van der Waals surface area contributed by atoms with Crippen LogP contribution >= 0.6 is 22.6 Å². The van der Waals surface area contributed by atoms with Crippen molar-refractivity contribution < 1.29 is 4.39 Å². The van der Waals surface area contributed by atoms with Gasteiger partial charge in [0, 0.05) is 15.3 Å². The predicted octanol–water partition coefficient (Wildman–Crippen LogP) is 4.79. The van der Waals surface area contributed by atoms with Gasteiger partial charge in [-0.15, -0.1) is 0 Å². The second-order valence-corrected chi connectivity index (χ2v) is 6.20. The van der Waals surface area contributed by atoms with Gasteiger partial charge in [0.1, 0.15) is 5.82 Å². The smallest absolute Gasteiger partial charge is 0.123 e. The molecule has 0 spiro atoms. The molecule has 19 heavy (non-hydrogen) atoms. The van der Waals surface area contributed by atoms with Gasteiger partial charge < -0.3 is 5.32 Å². The molecule has 1 aliphatic carbocycles. The Morgan fingerprint density at radius 1 is 1.00 bits per heavy atom. The van der Waals surface area contributed by atoms with Gasteiger partial charge in [0.05, 0.1) is 0 Å². The SMILES string of the molecule is Fc1ccc(C2CC(Nc3ccccc3I)C2)cc1. The average molecular weight is 367 g/mol. The highest BCUT2D eigenvalue weighted by Gasteiger charge is 2.30. The summed E-state index contributed by atoms with van der Waals surface area (Å²) in [4.78, 5) is 0. The lowest BCUT2D eigenvalue weighted by atomic mass is 9.76. The average Bonchev–Trinajstić information content (AvgIpc) is 2.37. The quantitative estimate of drug-likeness (QED) is 0.770. The summed E-state index contributed by atoms with van der Waals surface area (Å²) in [5, 5.41) is 3.58. The van der Waals surface area contributed by atoms with Crippen molar-refractivity contribution in [1.82, 2.24) is 0 Å². The third-order valence-corrected chi connectivity index (χ3v) is 4.65. The molecule has 1 saturated carbocycles. The molecular formula is C16H15FIN. The summed E-state index contributed by atoms with van der Waals surface area (Å²) < 4.78 is 14.1. The summed E-state index contributed by atoms with van der Waals surface area (Å²) in [7, 11) is 0. The topological polar surface area (TPSA) is 12.0 Å². The Bertz CT molecular complexity index is 561. The number of hydrogen-bond donors (Lipinski definition) is 1. The van der Waals surface area contributed by atoms with E-state index in [1.54, 1.807) is 12.1 Å². The molecule has 0 aromatic heterocycles. The maximum atomic E-state index is 12.9. The van der Waals surface area contributed by atoms with Gasteiger partial charge in [-0.1, -0.05) is 24.3 Å². The van der Waals surface area contributed by atoms with E-state index in [4.69, 9.17) is 0 Å². The Morgan fingerprint density at radius 2 is 1.68 bits per heavy atom. The molecule has 0 radical (unpaired) electrons. The van der Waals surface area contributed by atoms with E-state index in [2.05, 4.69) is 52.2 Å². The van der Waals surface area contributed by atoms with E-state index in [1.807, 2.05) is 12.1 Å². The standard InChI is InChI=1S/C16H15FIN/c17-13-7-5-11(6-8-13)12-9-14(10-12)19-16-4-2-1-3-15(16)18/h1-8,12,14,19H,9-10H2. The summed E-state index contributed by atoms with van der Waals surface area (Å²) in [6, 6.07) is 15.8. The van der Waals surface area contributed by atoms with E-state index in [0.29, 0.717) is 12.0 Å².